The van der Waals surface area contributed by atoms with E-state index in [1.54, 1.807) is 30.2 Å². The van der Waals surface area contributed by atoms with Gasteiger partial charge in [-0.25, -0.2) is 12.8 Å². The van der Waals surface area contributed by atoms with E-state index in [1.165, 1.54) is 42.1 Å². The van der Waals surface area contributed by atoms with Gasteiger partial charge in [-0.3, -0.25) is 9.10 Å². The minimum absolute atomic E-state index is 0.0290. The third-order valence-corrected chi connectivity index (χ3v) is 7.94. The van der Waals surface area contributed by atoms with Crippen LogP contribution >= 0.6 is 23.5 Å². The number of thioether (sulfide) groups is 2. The normalized spacial score (nSPS) is 11.3. The first-order valence-electron chi connectivity index (χ1n) is 9.69. The van der Waals surface area contributed by atoms with Gasteiger partial charge in [-0.05, 0) is 60.9 Å². The quantitative estimate of drug-likeness (QED) is 0.315. The minimum atomic E-state index is -4.08. The van der Waals surface area contributed by atoms with Gasteiger partial charge in [0.25, 0.3) is 10.0 Å². The van der Waals surface area contributed by atoms with Crippen LogP contribution in [-0.4, -0.2) is 39.4 Å². The molecule has 0 aliphatic heterocycles. The molecule has 1 heterocycles. The molecule has 0 aliphatic carbocycles. The van der Waals surface area contributed by atoms with E-state index >= 15 is 0 Å². The summed E-state index contributed by atoms with van der Waals surface area (Å²) in [5, 5.41) is 2.73. The summed E-state index contributed by atoms with van der Waals surface area (Å²) in [6.07, 6.45) is 3.49. The van der Waals surface area contributed by atoms with Crippen molar-refractivity contribution in [3.05, 3.63) is 78.5 Å². The van der Waals surface area contributed by atoms with Crippen LogP contribution in [0.4, 0.5) is 10.1 Å². The molecule has 170 valence electrons. The first kappa shape index (κ1) is 24.2. The number of nitrogens with zero attached hydrogens (tertiary/aromatic N) is 1. The second-order valence-electron chi connectivity index (χ2n) is 6.65. The smallest absolute Gasteiger partial charge is 0.264 e. The summed E-state index contributed by atoms with van der Waals surface area (Å²) in [6.45, 7) is -0.0947. The molecule has 1 N–H and O–H groups in total. The lowest BCUT2D eigenvalue weighted by Gasteiger charge is -2.24. The van der Waals surface area contributed by atoms with Crippen molar-refractivity contribution in [3.63, 3.8) is 0 Å². The Morgan fingerprint density at radius 2 is 1.91 bits per heavy atom. The molecule has 0 fully saturated rings. The van der Waals surface area contributed by atoms with Crippen LogP contribution in [0.1, 0.15) is 5.76 Å². The Kier molecular flexibility index (Phi) is 8.66. The number of furan rings is 1. The van der Waals surface area contributed by atoms with Gasteiger partial charge in [-0.15, -0.1) is 11.8 Å². The maximum atomic E-state index is 13.8. The molecule has 1 amide bonds. The van der Waals surface area contributed by atoms with Crippen LogP contribution in [0, 0.1) is 5.82 Å². The number of benzene rings is 2. The Balaban J connectivity index is 1.69. The van der Waals surface area contributed by atoms with Gasteiger partial charge < -0.3 is 9.73 Å². The molecule has 3 rings (SSSR count). The maximum Gasteiger partial charge on any atom is 0.264 e. The van der Waals surface area contributed by atoms with E-state index in [1.807, 2.05) is 18.4 Å². The maximum absolute atomic E-state index is 13.8. The number of hydrogen-bond donors (Lipinski definition) is 1. The molecule has 0 spiro atoms. The summed E-state index contributed by atoms with van der Waals surface area (Å²) in [6, 6.07) is 15.2. The monoisotopic (exact) mass is 494 g/mol. The van der Waals surface area contributed by atoms with Crippen molar-refractivity contribution in [2.45, 2.75) is 15.5 Å². The van der Waals surface area contributed by atoms with Gasteiger partial charge in [0.15, 0.2) is 0 Å². The van der Waals surface area contributed by atoms with Crippen molar-refractivity contribution >= 4 is 45.1 Å². The highest BCUT2D eigenvalue weighted by Gasteiger charge is 2.27. The molecule has 0 unspecified atom stereocenters. The zero-order chi connectivity index (χ0) is 23.0. The third kappa shape index (κ3) is 6.54. The zero-order valence-corrected chi connectivity index (χ0v) is 19.8. The van der Waals surface area contributed by atoms with E-state index in [-0.39, 0.29) is 10.6 Å². The average Bonchev–Trinajstić information content (AvgIpc) is 3.30. The van der Waals surface area contributed by atoms with Crippen LogP contribution in [0.3, 0.4) is 0 Å². The number of carbonyl (C=O) groups excluding carboxylic acids is 1. The number of rotatable bonds is 11. The van der Waals surface area contributed by atoms with Crippen LogP contribution in [0.2, 0.25) is 0 Å². The number of amides is 1. The van der Waals surface area contributed by atoms with Gasteiger partial charge in [0.2, 0.25) is 5.91 Å². The van der Waals surface area contributed by atoms with Crippen LogP contribution in [-0.2, 0) is 20.6 Å². The largest absolute Gasteiger partial charge is 0.468 e. The first-order valence-corrected chi connectivity index (χ1v) is 13.5. The van der Waals surface area contributed by atoms with E-state index < -0.39 is 28.3 Å². The van der Waals surface area contributed by atoms with Crippen molar-refractivity contribution in [2.24, 2.45) is 0 Å². The lowest BCUT2D eigenvalue weighted by Crippen LogP contribution is -2.41. The van der Waals surface area contributed by atoms with E-state index in [2.05, 4.69) is 5.32 Å². The number of anilines is 1. The zero-order valence-electron chi connectivity index (χ0n) is 17.4. The fourth-order valence-electron chi connectivity index (χ4n) is 2.84. The number of nitrogens with one attached hydrogen (secondary N) is 1. The molecule has 10 heteroatoms. The second-order valence-corrected chi connectivity index (χ2v) is 10.5. The van der Waals surface area contributed by atoms with Crippen LogP contribution < -0.4 is 9.62 Å². The van der Waals surface area contributed by atoms with E-state index in [0.717, 1.165) is 21.0 Å². The molecule has 0 saturated carbocycles. The molecule has 0 atom stereocenters. The fourth-order valence-corrected chi connectivity index (χ4v) is 5.41. The summed E-state index contributed by atoms with van der Waals surface area (Å²) >= 11 is 3.07. The molecule has 0 aliphatic rings. The number of carbonyl (C=O) groups is 1. The summed E-state index contributed by atoms with van der Waals surface area (Å²) in [5.74, 6) is 1.10. The fraction of sp³-hybridized carbons (Fsp3) is 0.227. The van der Waals surface area contributed by atoms with E-state index in [0.29, 0.717) is 18.1 Å². The lowest BCUT2D eigenvalue weighted by atomic mass is 10.3. The Morgan fingerprint density at radius 3 is 2.56 bits per heavy atom. The molecule has 3 aromatic rings. The van der Waals surface area contributed by atoms with Gasteiger partial charge in [0.1, 0.15) is 18.1 Å². The summed E-state index contributed by atoms with van der Waals surface area (Å²) in [7, 11) is -4.08. The Labute approximate surface area is 195 Å². The number of sulfonamides is 1. The highest BCUT2D eigenvalue weighted by molar-refractivity contribution is 7.98. The minimum Gasteiger partial charge on any atom is -0.468 e. The standard InChI is InChI=1S/C22H23FN2O4S3/c1-30-20-7-9-21(10-8-20)32(27,28)25(18-5-2-4-17(23)14-18)15-22(26)24-11-13-31-16-19-6-3-12-29-19/h2-10,12,14H,11,13,15-16H2,1H3,(H,24,26). The highest BCUT2D eigenvalue weighted by Crippen LogP contribution is 2.26. The van der Waals surface area contributed by atoms with Gasteiger partial charge >= 0.3 is 0 Å². The van der Waals surface area contributed by atoms with Crippen LogP contribution in [0.5, 0.6) is 0 Å². The number of halogens is 1. The summed E-state index contributed by atoms with van der Waals surface area (Å²) in [4.78, 5) is 13.5. The molecular formula is C22H23FN2O4S3. The van der Waals surface area contributed by atoms with Crippen molar-refractivity contribution < 1.29 is 22.0 Å². The highest BCUT2D eigenvalue weighted by atomic mass is 32.2. The molecule has 0 saturated heterocycles. The van der Waals surface area contributed by atoms with Crippen LogP contribution in [0.25, 0.3) is 0 Å². The molecule has 32 heavy (non-hydrogen) atoms. The van der Waals surface area contributed by atoms with Crippen molar-refractivity contribution in [3.8, 4) is 0 Å². The summed E-state index contributed by atoms with van der Waals surface area (Å²) in [5.41, 5.74) is 0.0845. The van der Waals surface area contributed by atoms with E-state index in [4.69, 9.17) is 4.42 Å². The van der Waals surface area contributed by atoms with Gasteiger partial charge in [0.05, 0.1) is 22.6 Å². The molecule has 0 bridgehead atoms. The SMILES string of the molecule is CSc1ccc(S(=O)(=O)N(CC(=O)NCCSCc2ccco2)c2cccc(F)c2)cc1. The van der Waals surface area contributed by atoms with Crippen molar-refractivity contribution in [2.75, 3.05) is 29.4 Å². The van der Waals surface area contributed by atoms with Gasteiger partial charge in [-0.1, -0.05) is 6.07 Å². The molecule has 0 radical (unpaired) electrons. The molecule has 2 aromatic carbocycles. The van der Waals surface area contributed by atoms with Crippen molar-refractivity contribution in [1.29, 1.82) is 0 Å². The lowest BCUT2D eigenvalue weighted by molar-refractivity contribution is -0.119. The molecule has 1 aromatic heterocycles. The average molecular weight is 495 g/mol. The third-order valence-electron chi connectivity index (χ3n) is 4.42. The Bertz CT molecular complexity index is 1120. The topological polar surface area (TPSA) is 79.6 Å². The summed E-state index contributed by atoms with van der Waals surface area (Å²) < 4.78 is 46.6. The van der Waals surface area contributed by atoms with Crippen molar-refractivity contribution in [1.82, 2.24) is 5.32 Å². The molecule has 6 nitrogen and oxygen atoms in total. The second kappa shape index (κ2) is 11.4. The van der Waals surface area contributed by atoms with E-state index in [9.17, 15) is 17.6 Å². The Morgan fingerprint density at radius 1 is 1.12 bits per heavy atom. The molecular weight excluding hydrogens is 471 g/mol. The van der Waals surface area contributed by atoms with Crippen LogP contribution in [0.15, 0.2) is 81.1 Å². The predicted octanol–water partition coefficient (Wildman–Crippen LogP) is 4.39. The first-order chi connectivity index (χ1) is 15.4. The van der Waals surface area contributed by atoms with Gasteiger partial charge in [0, 0.05) is 17.2 Å². The number of hydrogen-bond acceptors (Lipinski definition) is 6. The van der Waals surface area contributed by atoms with Gasteiger partial charge in [-0.2, -0.15) is 11.8 Å². The Hall–Kier alpha value is -2.43. The predicted molar refractivity (Wildman–Crippen MR) is 127 cm³/mol.